The number of halogens is 2. The van der Waals surface area contributed by atoms with E-state index in [1.165, 1.54) is 6.07 Å². The Labute approximate surface area is 97.3 Å². The largest absolute Gasteiger partial charge is 0.357 e. The van der Waals surface area contributed by atoms with Gasteiger partial charge in [-0.25, -0.2) is 14.4 Å². The molecule has 1 heterocycles. The van der Waals surface area contributed by atoms with Crippen molar-refractivity contribution in [3.05, 3.63) is 41.3 Å². The molecule has 2 aromatic rings. The Morgan fingerprint density at radius 3 is 2.81 bits per heavy atom. The van der Waals surface area contributed by atoms with Crippen LogP contribution in [0.15, 0.2) is 30.5 Å². The second-order valence-corrected chi connectivity index (χ2v) is 3.55. The smallest absolute Gasteiger partial charge is 0.222 e. The summed E-state index contributed by atoms with van der Waals surface area (Å²) in [4.78, 5) is 8.22. The Morgan fingerprint density at radius 1 is 1.31 bits per heavy atom. The van der Waals surface area contributed by atoms with Gasteiger partial charge in [0.05, 0.1) is 10.7 Å². The molecule has 0 aliphatic rings. The van der Waals surface area contributed by atoms with E-state index in [9.17, 15) is 4.39 Å². The first-order valence-electron chi connectivity index (χ1n) is 4.67. The molecule has 1 aromatic heterocycles. The molecule has 0 saturated heterocycles. The summed E-state index contributed by atoms with van der Waals surface area (Å²) in [6, 6.07) is 6.23. The maximum atomic E-state index is 13.0. The van der Waals surface area contributed by atoms with Crippen LogP contribution in [0.2, 0.25) is 5.02 Å². The molecule has 82 valence electrons. The Balaban J connectivity index is 2.46. The van der Waals surface area contributed by atoms with Gasteiger partial charge in [-0.05, 0) is 24.3 Å². The number of benzene rings is 1. The Morgan fingerprint density at radius 2 is 2.12 bits per heavy atom. The second-order valence-electron chi connectivity index (χ2n) is 3.14. The Hall–Kier alpha value is -1.68. The van der Waals surface area contributed by atoms with Crippen LogP contribution in [-0.2, 0) is 0 Å². The molecule has 0 unspecified atom stereocenters. The molecule has 0 fully saturated rings. The van der Waals surface area contributed by atoms with Crippen molar-refractivity contribution in [1.82, 2.24) is 9.97 Å². The minimum atomic E-state index is -0.437. The predicted octanol–water partition coefficient (Wildman–Crippen LogP) is 2.98. The van der Waals surface area contributed by atoms with Crippen molar-refractivity contribution in [2.75, 3.05) is 12.4 Å². The Kier molecular flexibility index (Phi) is 3.01. The van der Waals surface area contributed by atoms with E-state index in [1.54, 1.807) is 31.4 Å². The molecule has 16 heavy (non-hydrogen) atoms. The maximum absolute atomic E-state index is 13.0. The van der Waals surface area contributed by atoms with Crippen molar-refractivity contribution in [3.8, 4) is 11.3 Å². The van der Waals surface area contributed by atoms with Gasteiger partial charge in [0.25, 0.3) is 0 Å². The first-order valence-corrected chi connectivity index (χ1v) is 5.04. The third kappa shape index (κ3) is 2.12. The van der Waals surface area contributed by atoms with E-state index in [4.69, 9.17) is 11.6 Å². The van der Waals surface area contributed by atoms with Crippen LogP contribution in [-0.4, -0.2) is 17.0 Å². The average Bonchev–Trinajstić information content (AvgIpc) is 2.33. The van der Waals surface area contributed by atoms with Gasteiger partial charge in [-0.3, -0.25) is 0 Å². The molecule has 0 aliphatic carbocycles. The van der Waals surface area contributed by atoms with Gasteiger partial charge >= 0.3 is 0 Å². The molecule has 0 radical (unpaired) electrons. The van der Waals surface area contributed by atoms with Crippen LogP contribution in [0.4, 0.5) is 10.3 Å². The Bertz CT molecular complexity index is 516. The highest BCUT2D eigenvalue weighted by Gasteiger charge is 2.05. The van der Waals surface area contributed by atoms with Crippen LogP contribution in [0.3, 0.4) is 0 Å². The molecule has 0 atom stereocenters. The molecule has 0 saturated carbocycles. The lowest BCUT2D eigenvalue weighted by molar-refractivity contribution is 0.628. The molecular formula is C11H9ClFN3. The summed E-state index contributed by atoms with van der Waals surface area (Å²) in [7, 11) is 1.73. The fraction of sp³-hybridized carbons (Fsp3) is 0.0909. The minimum Gasteiger partial charge on any atom is -0.357 e. The lowest BCUT2D eigenvalue weighted by atomic mass is 10.1. The first kappa shape index (κ1) is 10.8. The van der Waals surface area contributed by atoms with Crippen LogP contribution in [0.1, 0.15) is 0 Å². The zero-order chi connectivity index (χ0) is 11.5. The molecule has 0 amide bonds. The normalized spacial score (nSPS) is 10.2. The van der Waals surface area contributed by atoms with Crippen LogP contribution >= 0.6 is 11.6 Å². The lowest BCUT2D eigenvalue weighted by Gasteiger charge is -2.03. The van der Waals surface area contributed by atoms with Gasteiger partial charge in [0, 0.05) is 18.8 Å². The topological polar surface area (TPSA) is 37.8 Å². The molecule has 1 N–H and O–H groups in total. The average molecular weight is 238 g/mol. The molecular weight excluding hydrogens is 229 g/mol. The van der Waals surface area contributed by atoms with E-state index in [-0.39, 0.29) is 5.02 Å². The van der Waals surface area contributed by atoms with E-state index < -0.39 is 5.82 Å². The molecule has 1 aromatic carbocycles. The van der Waals surface area contributed by atoms with Gasteiger partial charge in [0.15, 0.2) is 0 Å². The molecule has 0 aliphatic heterocycles. The van der Waals surface area contributed by atoms with Crippen molar-refractivity contribution in [2.45, 2.75) is 0 Å². The minimum absolute atomic E-state index is 0.0853. The third-order valence-electron chi connectivity index (χ3n) is 2.09. The zero-order valence-corrected chi connectivity index (χ0v) is 9.29. The zero-order valence-electron chi connectivity index (χ0n) is 8.54. The van der Waals surface area contributed by atoms with Crippen molar-refractivity contribution >= 4 is 17.5 Å². The monoisotopic (exact) mass is 237 g/mol. The summed E-state index contributed by atoms with van der Waals surface area (Å²) in [6.45, 7) is 0. The predicted molar refractivity (Wildman–Crippen MR) is 62.0 cm³/mol. The summed E-state index contributed by atoms with van der Waals surface area (Å²) >= 11 is 5.70. The van der Waals surface area contributed by atoms with Gasteiger partial charge in [-0.15, -0.1) is 0 Å². The quantitative estimate of drug-likeness (QED) is 0.873. The lowest BCUT2D eigenvalue weighted by Crippen LogP contribution is -1.96. The van der Waals surface area contributed by atoms with Gasteiger partial charge in [-0.2, -0.15) is 0 Å². The SMILES string of the molecule is CNc1nccc(-c2ccc(F)c(Cl)c2)n1. The molecule has 5 heteroatoms. The van der Waals surface area contributed by atoms with E-state index >= 15 is 0 Å². The number of nitrogens with zero attached hydrogens (tertiary/aromatic N) is 2. The van der Waals surface area contributed by atoms with Gasteiger partial charge in [-0.1, -0.05) is 11.6 Å². The van der Waals surface area contributed by atoms with Crippen molar-refractivity contribution in [1.29, 1.82) is 0 Å². The molecule has 0 bridgehead atoms. The van der Waals surface area contributed by atoms with Gasteiger partial charge in [0.1, 0.15) is 5.82 Å². The van der Waals surface area contributed by atoms with Crippen molar-refractivity contribution < 1.29 is 4.39 Å². The number of hydrogen-bond acceptors (Lipinski definition) is 3. The second kappa shape index (κ2) is 4.45. The van der Waals surface area contributed by atoms with Crippen molar-refractivity contribution in [2.24, 2.45) is 0 Å². The highest BCUT2D eigenvalue weighted by Crippen LogP contribution is 2.23. The van der Waals surface area contributed by atoms with Crippen LogP contribution in [0, 0.1) is 5.82 Å². The standard InChI is InChI=1S/C11H9ClFN3/c1-14-11-15-5-4-10(16-11)7-2-3-9(13)8(12)6-7/h2-6H,1H3,(H,14,15,16). The molecule has 3 nitrogen and oxygen atoms in total. The summed E-state index contributed by atoms with van der Waals surface area (Å²) in [5.74, 6) is 0.0752. The number of rotatable bonds is 2. The van der Waals surface area contributed by atoms with Gasteiger partial charge < -0.3 is 5.32 Å². The summed E-state index contributed by atoms with van der Waals surface area (Å²) < 4.78 is 13.0. The third-order valence-corrected chi connectivity index (χ3v) is 2.38. The van der Waals surface area contributed by atoms with Crippen LogP contribution < -0.4 is 5.32 Å². The van der Waals surface area contributed by atoms with E-state index in [0.29, 0.717) is 11.6 Å². The van der Waals surface area contributed by atoms with Crippen LogP contribution in [0.25, 0.3) is 11.3 Å². The molecule has 2 rings (SSSR count). The number of hydrogen-bond donors (Lipinski definition) is 1. The summed E-state index contributed by atoms with van der Waals surface area (Å²) in [5.41, 5.74) is 1.45. The van der Waals surface area contributed by atoms with Gasteiger partial charge in [0.2, 0.25) is 5.95 Å². The summed E-state index contributed by atoms with van der Waals surface area (Å²) in [5, 5.41) is 2.92. The fourth-order valence-electron chi connectivity index (χ4n) is 1.30. The number of aromatic nitrogens is 2. The maximum Gasteiger partial charge on any atom is 0.222 e. The van der Waals surface area contributed by atoms with E-state index in [2.05, 4.69) is 15.3 Å². The highest BCUT2D eigenvalue weighted by molar-refractivity contribution is 6.31. The highest BCUT2D eigenvalue weighted by atomic mass is 35.5. The van der Waals surface area contributed by atoms with E-state index in [1.807, 2.05) is 0 Å². The number of anilines is 1. The molecule has 0 spiro atoms. The van der Waals surface area contributed by atoms with Crippen LogP contribution in [0.5, 0.6) is 0 Å². The first-order chi connectivity index (χ1) is 7.70. The van der Waals surface area contributed by atoms with Crippen molar-refractivity contribution in [3.63, 3.8) is 0 Å². The number of nitrogens with one attached hydrogen (secondary N) is 1. The summed E-state index contributed by atoms with van der Waals surface area (Å²) in [6.07, 6.45) is 1.63. The van der Waals surface area contributed by atoms with E-state index in [0.717, 1.165) is 5.56 Å². The fourth-order valence-corrected chi connectivity index (χ4v) is 1.48.